The average Bonchev–Trinajstić information content (AvgIpc) is 3.28. The number of allylic oxidation sites excluding steroid dienone is 1. The Bertz CT molecular complexity index is 1410. The molecule has 0 saturated carbocycles. The second kappa shape index (κ2) is 11.1. The van der Waals surface area contributed by atoms with Crippen LogP contribution in [-0.2, 0) is 11.2 Å². The van der Waals surface area contributed by atoms with Crippen LogP contribution in [0.15, 0.2) is 66.2 Å². The number of ether oxygens (including phenoxy) is 1. The van der Waals surface area contributed by atoms with Gasteiger partial charge in [0.15, 0.2) is 5.78 Å². The van der Waals surface area contributed by atoms with Gasteiger partial charge in [0, 0.05) is 23.1 Å². The number of methoxy groups -OCH3 is 1. The molecule has 6 nitrogen and oxygen atoms in total. The molecular formula is C26H21N2NaO4S. The number of carboxylic acids is 1. The number of benzene rings is 3. The molecule has 0 aliphatic heterocycles. The summed E-state index contributed by atoms with van der Waals surface area (Å²) in [6.45, 7) is 3.87. The largest absolute Gasteiger partial charge is 1.00 e. The van der Waals surface area contributed by atoms with E-state index in [1.807, 2.05) is 38.1 Å². The van der Waals surface area contributed by atoms with Crippen molar-refractivity contribution in [1.82, 2.24) is 8.75 Å². The predicted molar refractivity (Wildman–Crippen MR) is 126 cm³/mol. The van der Waals surface area contributed by atoms with Crippen molar-refractivity contribution in [1.29, 1.82) is 0 Å². The molecule has 0 radical (unpaired) electrons. The second-order valence-corrected chi connectivity index (χ2v) is 8.25. The Balaban J connectivity index is 0.00000324. The van der Waals surface area contributed by atoms with E-state index in [0.717, 1.165) is 22.9 Å². The molecule has 0 spiro atoms. The van der Waals surface area contributed by atoms with Crippen LogP contribution in [0.5, 0.6) is 5.75 Å². The number of ketones is 1. The van der Waals surface area contributed by atoms with E-state index in [9.17, 15) is 14.7 Å². The maximum absolute atomic E-state index is 13.7. The minimum Gasteiger partial charge on any atom is -0.545 e. The number of nitrogens with zero attached hydrogens (tertiary/aromatic N) is 2. The summed E-state index contributed by atoms with van der Waals surface area (Å²) in [5.41, 5.74) is 4.62. The Hall–Kier alpha value is -2.84. The van der Waals surface area contributed by atoms with Crippen molar-refractivity contribution in [2.45, 2.75) is 20.3 Å². The molecule has 0 unspecified atom stereocenters. The van der Waals surface area contributed by atoms with Gasteiger partial charge in [-0.05, 0) is 60.4 Å². The van der Waals surface area contributed by atoms with Crippen LogP contribution in [0.2, 0.25) is 0 Å². The van der Waals surface area contributed by atoms with Crippen molar-refractivity contribution in [3.63, 3.8) is 0 Å². The predicted octanol–water partition coefficient (Wildman–Crippen LogP) is 0.950. The van der Waals surface area contributed by atoms with Crippen molar-refractivity contribution >= 4 is 40.1 Å². The minimum atomic E-state index is -1.43. The molecular weight excluding hydrogens is 459 g/mol. The molecule has 4 rings (SSSR count). The number of carbonyl (C=O) groups is 2. The summed E-state index contributed by atoms with van der Waals surface area (Å²) >= 11 is 1.04. The number of Topliss-reactive ketones (excluding diaryl/α,β-unsaturated/α-hetero) is 1. The topological polar surface area (TPSA) is 92.2 Å². The van der Waals surface area contributed by atoms with Crippen molar-refractivity contribution < 1.29 is 49.0 Å². The van der Waals surface area contributed by atoms with Gasteiger partial charge in [0.1, 0.15) is 16.8 Å². The number of carboxylic acid groups (broad SMARTS) is 1. The molecule has 34 heavy (non-hydrogen) atoms. The quantitative estimate of drug-likeness (QED) is 0.222. The molecule has 1 heterocycles. The molecule has 166 valence electrons. The summed E-state index contributed by atoms with van der Waals surface area (Å²) in [6, 6.07) is 17.5. The smallest absolute Gasteiger partial charge is 0.545 e. The average molecular weight is 481 g/mol. The van der Waals surface area contributed by atoms with Gasteiger partial charge < -0.3 is 14.6 Å². The monoisotopic (exact) mass is 480 g/mol. The summed E-state index contributed by atoms with van der Waals surface area (Å²) < 4.78 is 13.8. The van der Waals surface area contributed by atoms with Gasteiger partial charge in [-0.15, -0.1) is 0 Å². The van der Waals surface area contributed by atoms with Crippen LogP contribution in [-0.4, -0.2) is 27.6 Å². The first kappa shape index (κ1) is 25.8. The van der Waals surface area contributed by atoms with E-state index >= 15 is 0 Å². The molecule has 0 atom stereocenters. The summed E-state index contributed by atoms with van der Waals surface area (Å²) in [4.78, 5) is 26.2. The van der Waals surface area contributed by atoms with E-state index in [0.29, 0.717) is 33.5 Å². The molecule has 8 heteroatoms. The van der Waals surface area contributed by atoms with E-state index in [4.69, 9.17) is 4.74 Å². The number of aliphatic carboxylic acids is 1. The third-order valence-corrected chi connectivity index (χ3v) is 6.21. The van der Waals surface area contributed by atoms with Crippen LogP contribution < -0.4 is 39.4 Å². The van der Waals surface area contributed by atoms with Gasteiger partial charge >= 0.3 is 29.6 Å². The van der Waals surface area contributed by atoms with Crippen LogP contribution in [0.3, 0.4) is 0 Å². The number of fused-ring (bicyclic) bond motifs is 1. The zero-order chi connectivity index (χ0) is 23.5. The van der Waals surface area contributed by atoms with Gasteiger partial charge in [-0.1, -0.05) is 36.4 Å². The zero-order valence-electron chi connectivity index (χ0n) is 19.4. The number of hydrogen-bond acceptors (Lipinski definition) is 7. The number of carbonyl (C=O) groups excluding carboxylic acids is 2. The maximum Gasteiger partial charge on any atom is 1.00 e. The Morgan fingerprint density at radius 1 is 0.912 bits per heavy atom. The zero-order valence-corrected chi connectivity index (χ0v) is 22.2. The SMILES string of the molecule is COc1ccccc1C/C(C(=O)c1ccc(C)c(C)c1)=C(\C(=O)[O-])c1ccc2nsnc2c1.[Na+]. The van der Waals surface area contributed by atoms with Crippen LogP contribution in [0.25, 0.3) is 16.6 Å². The Morgan fingerprint density at radius 3 is 2.32 bits per heavy atom. The van der Waals surface area contributed by atoms with Gasteiger partial charge in [-0.3, -0.25) is 4.79 Å². The summed E-state index contributed by atoms with van der Waals surface area (Å²) in [5.74, 6) is -1.24. The van der Waals surface area contributed by atoms with Crippen LogP contribution in [0, 0.1) is 13.8 Å². The normalized spacial score (nSPS) is 11.5. The second-order valence-electron chi connectivity index (χ2n) is 7.73. The number of aryl methyl sites for hydroxylation is 2. The third kappa shape index (κ3) is 5.28. The molecule has 0 aliphatic rings. The van der Waals surface area contributed by atoms with Crippen molar-refractivity contribution in [2.75, 3.05) is 7.11 Å². The number of aromatic nitrogens is 2. The molecule has 0 aliphatic carbocycles. The Kier molecular flexibility index (Phi) is 8.38. The number of para-hydroxylation sites is 1. The maximum atomic E-state index is 13.7. The van der Waals surface area contributed by atoms with E-state index < -0.39 is 5.97 Å². The molecule has 4 aromatic rings. The summed E-state index contributed by atoms with van der Waals surface area (Å²) in [6.07, 6.45) is 0.0619. The van der Waals surface area contributed by atoms with E-state index in [1.165, 1.54) is 7.11 Å². The molecule has 0 saturated heterocycles. The first-order valence-corrected chi connectivity index (χ1v) is 11.0. The number of hydrogen-bond donors (Lipinski definition) is 0. The van der Waals surface area contributed by atoms with E-state index in [1.54, 1.807) is 36.4 Å². The van der Waals surface area contributed by atoms with Gasteiger partial charge in [0.05, 0.1) is 24.8 Å². The third-order valence-electron chi connectivity index (χ3n) is 5.65. The molecule has 0 bridgehead atoms. The van der Waals surface area contributed by atoms with Gasteiger partial charge in [-0.25, -0.2) is 0 Å². The van der Waals surface area contributed by atoms with Gasteiger partial charge in [-0.2, -0.15) is 8.75 Å². The number of rotatable bonds is 7. The Morgan fingerprint density at radius 2 is 1.62 bits per heavy atom. The van der Waals surface area contributed by atoms with Crippen LogP contribution >= 0.6 is 11.7 Å². The fraction of sp³-hybridized carbons (Fsp3) is 0.154. The van der Waals surface area contributed by atoms with Crippen molar-refractivity contribution in [2.24, 2.45) is 0 Å². The van der Waals surface area contributed by atoms with Crippen LogP contribution in [0.4, 0.5) is 0 Å². The first-order valence-electron chi connectivity index (χ1n) is 10.3. The minimum absolute atomic E-state index is 0. The molecule has 3 aromatic carbocycles. The van der Waals surface area contributed by atoms with Crippen LogP contribution in [0.1, 0.15) is 32.6 Å². The molecule has 0 N–H and O–H groups in total. The molecule has 1 aromatic heterocycles. The molecule has 0 amide bonds. The standard InChI is InChI=1S/C26H22N2O4S.Na/c1-15-8-9-19(12-16(15)2)25(29)20(13-17-6-4-5-7-23(17)32-3)24(26(30)31)18-10-11-21-22(14-18)28-33-27-21;/h4-12,14H,13H2,1-3H3,(H,30,31);/q;+1/p-1/b24-20+;. The summed E-state index contributed by atoms with van der Waals surface area (Å²) in [7, 11) is 1.54. The van der Waals surface area contributed by atoms with Crippen molar-refractivity contribution in [3.05, 3.63) is 94.1 Å². The van der Waals surface area contributed by atoms with Crippen molar-refractivity contribution in [3.8, 4) is 5.75 Å². The van der Waals surface area contributed by atoms with E-state index in [-0.39, 0.29) is 52.9 Å². The fourth-order valence-corrected chi connectivity index (χ4v) is 4.25. The first-order chi connectivity index (χ1) is 15.9. The Labute approximate surface area is 223 Å². The van der Waals surface area contributed by atoms with Gasteiger partial charge in [0.25, 0.3) is 0 Å². The summed E-state index contributed by atoms with van der Waals surface area (Å²) in [5, 5.41) is 12.4. The molecule has 0 fully saturated rings. The fourth-order valence-electron chi connectivity index (χ4n) is 3.73. The van der Waals surface area contributed by atoms with Gasteiger partial charge in [0.2, 0.25) is 0 Å². The van der Waals surface area contributed by atoms with E-state index in [2.05, 4.69) is 8.75 Å².